The topological polar surface area (TPSA) is 57.0 Å². The second-order valence-corrected chi connectivity index (χ2v) is 6.66. The molecule has 2 rings (SSSR count). The molecule has 0 aliphatic heterocycles. The molecule has 0 amide bonds. The standard InChI is InChI=1S/C16H18BrN3O2/c1-16(2,3)14(21)8-13(20-10-18-9-19-20)11-6-5-7-12(17)15(11)22-4/h5-10H,1-4H3/b13-8-. The highest BCUT2D eigenvalue weighted by Crippen LogP contribution is 2.34. The van der Waals surface area contributed by atoms with Crippen molar-refractivity contribution in [1.82, 2.24) is 14.8 Å². The van der Waals surface area contributed by atoms with Crippen LogP contribution in [0.4, 0.5) is 0 Å². The first kappa shape index (κ1) is 16.4. The molecule has 2 aromatic rings. The number of halogens is 1. The van der Waals surface area contributed by atoms with Crippen molar-refractivity contribution in [3.63, 3.8) is 0 Å². The van der Waals surface area contributed by atoms with E-state index in [-0.39, 0.29) is 5.78 Å². The molecule has 0 bridgehead atoms. The molecule has 0 spiro atoms. The molecule has 1 heterocycles. The molecule has 5 nitrogen and oxygen atoms in total. The summed E-state index contributed by atoms with van der Waals surface area (Å²) in [4.78, 5) is 16.4. The maximum atomic E-state index is 12.4. The van der Waals surface area contributed by atoms with Crippen molar-refractivity contribution in [2.75, 3.05) is 7.11 Å². The number of benzene rings is 1. The van der Waals surface area contributed by atoms with Gasteiger partial charge in [-0.1, -0.05) is 26.8 Å². The van der Waals surface area contributed by atoms with Gasteiger partial charge in [-0.05, 0) is 28.1 Å². The van der Waals surface area contributed by atoms with Crippen molar-refractivity contribution in [2.24, 2.45) is 5.41 Å². The Bertz CT molecular complexity index is 701. The molecule has 116 valence electrons. The maximum Gasteiger partial charge on any atom is 0.163 e. The van der Waals surface area contributed by atoms with Crippen LogP contribution < -0.4 is 4.74 Å². The fourth-order valence-electron chi connectivity index (χ4n) is 1.86. The van der Waals surface area contributed by atoms with E-state index in [9.17, 15) is 4.79 Å². The summed E-state index contributed by atoms with van der Waals surface area (Å²) in [6, 6.07) is 5.65. The predicted octanol–water partition coefficient (Wildman–Crippen LogP) is 3.55. The number of ketones is 1. The molecule has 0 aliphatic rings. The van der Waals surface area contributed by atoms with Gasteiger partial charge >= 0.3 is 0 Å². The van der Waals surface area contributed by atoms with Crippen molar-refractivity contribution < 1.29 is 9.53 Å². The lowest BCUT2D eigenvalue weighted by Crippen LogP contribution is -2.19. The van der Waals surface area contributed by atoms with Crippen molar-refractivity contribution >= 4 is 27.4 Å². The average Bonchev–Trinajstić information content (AvgIpc) is 2.97. The first-order valence-electron chi connectivity index (χ1n) is 6.78. The summed E-state index contributed by atoms with van der Waals surface area (Å²) in [5.41, 5.74) is 0.904. The Labute approximate surface area is 138 Å². The van der Waals surface area contributed by atoms with E-state index in [0.29, 0.717) is 11.4 Å². The van der Waals surface area contributed by atoms with Crippen molar-refractivity contribution in [3.8, 4) is 5.75 Å². The molecule has 0 fully saturated rings. The van der Waals surface area contributed by atoms with Crippen LogP contribution in [-0.4, -0.2) is 27.7 Å². The molecule has 22 heavy (non-hydrogen) atoms. The summed E-state index contributed by atoms with van der Waals surface area (Å²) in [5.74, 6) is 0.644. The van der Waals surface area contributed by atoms with E-state index < -0.39 is 5.41 Å². The number of hydrogen-bond acceptors (Lipinski definition) is 4. The zero-order chi connectivity index (χ0) is 16.3. The van der Waals surface area contributed by atoms with Crippen LogP contribution in [0.25, 0.3) is 5.70 Å². The van der Waals surface area contributed by atoms with Crippen LogP contribution in [0.2, 0.25) is 0 Å². The number of hydrogen-bond donors (Lipinski definition) is 0. The largest absolute Gasteiger partial charge is 0.495 e. The quantitative estimate of drug-likeness (QED) is 0.779. The Morgan fingerprint density at radius 2 is 2.09 bits per heavy atom. The molecule has 0 radical (unpaired) electrons. The van der Waals surface area contributed by atoms with E-state index in [1.165, 1.54) is 6.33 Å². The van der Waals surface area contributed by atoms with Crippen LogP contribution in [0.15, 0.2) is 41.4 Å². The Morgan fingerprint density at radius 1 is 1.36 bits per heavy atom. The molecule has 0 unspecified atom stereocenters. The normalized spacial score (nSPS) is 12.3. The van der Waals surface area contributed by atoms with Gasteiger partial charge in [0, 0.05) is 17.1 Å². The van der Waals surface area contributed by atoms with Gasteiger partial charge in [-0.3, -0.25) is 4.79 Å². The minimum absolute atomic E-state index is 0.0000265. The first-order valence-corrected chi connectivity index (χ1v) is 7.58. The molecular weight excluding hydrogens is 346 g/mol. The number of ether oxygens (including phenoxy) is 1. The lowest BCUT2D eigenvalue weighted by molar-refractivity contribution is -0.121. The van der Waals surface area contributed by atoms with Gasteiger partial charge in [-0.25, -0.2) is 9.67 Å². The molecule has 0 saturated heterocycles. The molecule has 0 atom stereocenters. The minimum atomic E-state index is -0.481. The van der Waals surface area contributed by atoms with Gasteiger partial charge in [-0.2, -0.15) is 5.10 Å². The Hall–Kier alpha value is -1.95. The smallest absolute Gasteiger partial charge is 0.163 e. The Morgan fingerprint density at radius 3 is 2.64 bits per heavy atom. The van der Waals surface area contributed by atoms with E-state index >= 15 is 0 Å². The van der Waals surface area contributed by atoms with E-state index in [1.807, 2.05) is 39.0 Å². The summed E-state index contributed by atoms with van der Waals surface area (Å²) < 4.78 is 7.83. The van der Waals surface area contributed by atoms with E-state index in [2.05, 4.69) is 26.0 Å². The van der Waals surface area contributed by atoms with Crippen LogP contribution in [0.3, 0.4) is 0 Å². The van der Waals surface area contributed by atoms with Gasteiger partial charge in [-0.15, -0.1) is 0 Å². The highest BCUT2D eigenvalue weighted by atomic mass is 79.9. The molecule has 0 aliphatic carbocycles. The summed E-state index contributed by atoms with van der Waals surface area (Å²) >= 11 is 3.46. The number of rotatable bonds is 4. The summed E-state index contributed by atoms with van der Waals surface area (Å²) in [7, 11) is 1.59. The Balaban J connectivity index is 2.64. The van der Waals surface area contributed by atoms with E-state index in [1.54, 1.807) is 24.2 Å². The number of allylic oxidation sites excluding steroid dienone is 1. The van der Waals surface area contributed by atoms with Crippen LogP contribution in [0.5, 0.6) is 5.75 Å². The van der Waals surface area contributed by atoms with Gasteiger partial charge in [0.2, 0.25) is 0 Å². The van der Waals surface area contributed by atoms with Gasteiger partial charge in [0.1, 0.15) is 18.4 Å². The third-order valence-electron chi connectivity index (χ3n) is 3.12. The molecular formula is C16H18BrN3O2. The molecule has 1 aromatic carbocycles. The maximum absolute atomic E-state index is 12.4. The summed E-state index contributed by atoms with van der Waals surface area (Å²) in [6.45, 7) is 5.63. The summed E-state index contributed by atoms with van der Waals surface area (Å²) in [6.07, 6.45) is 4.57. The van der Waals surface area contributed by atoms with Gasteiger partial charge in [0.05, 0.1) is 17.3 Å². The third-order valence-corrected chi connectivity index (χ3v) is 3.74. The molecule has 0 N–H and O–H groups in total. The van der Waals surface area contributed by atoms with Crippen molar-refractivity contribution in [3.05, 3.63) is 47.0 Å². The van der Waals surface area contributed by atoms with Gasteiger partial charge < -0.3 is 4.74 Å². The second kappa shape index (κ2) is 6.44. The number of carbonyl (C=O) groups is 1. The van der Waals surface area contributed by atoms with Crippen LogP contribution in [0, 0.1) is 5.41 Å². The number of nitrogens with zero attached hydrogens (tertiary/aromatic N) is 3. The number of methoxy groups -OCH3 is 1. The number of para-hydroxylation sites is 1. The fraction of sp³-hybridized carbons (Fsp3) is 0.312. The lowest BCUT2D eigenvalue weighted by atomic mass is 9.89. The van der Waals surface area contributed by atoms with Crippen LogP contribution in [-0.2, 0) is 4.79 Å². The van der Waals surface area contributed by atoms with Crippen molar-refractivity contribution in [2.45, 2.75) is 20.8 Å². The third kappa shape index (κ3) is 3.44. The van der Waals surface area contributed by atoms with E-state index in [0.717, 1.165) is 10.0 Å². The number of aromatic nitrogens is 3. The molecule has 1 aromatic heterocycles. The zero-order valence-electron chi connectivity index (χ0n) is 13.0. The minimum Gasteiger partial charge on any atom is -0.495 e. The molecule has 0 saturated carbocycles. The Kier molecular flexibility index (Phi) is 4.81. The SMILES string of the molecule is COc1c(Br)cccc1/C(=C/C(=O)C(C)(C)C)n1cncn1. The van der Waals surface area contributed by atoms with Gasteiger partial charge in [0.15, 0.2) is 5.78 Å². The highest BCUT2D eigenvalue weighted by Gasteiger charge is 2.22. The first-order chi connectivity index (χ1) is 10.3. The lowest BCUT2D eigenvalue weighted by Gasteiger charge is -2.17. The predicted molar refractivity (Wildman–Crippen MR) is 88.6 cm³/mol. The highest BCUT2D eigenvalue weighted by molar-refractivity contribution is 9.10. The monoisotopic (exact) mass is 363 g/mol. The van der Waals surface area contributed by atoms with Crippen molar-refractivity contribution in [1.29, 1.82) is 0 Å². The van der Waals surface area contributed by atoms with Crippen LogP contribution in [0.1, 0.15) is 26.3 Å². The van der Waals surface area contributed by atoms with E-state index in [4.69, 9.17) is 4.74 Å². The second-order valence-electron chi connectivity index (χ2n) is 5.80. The molecule has 6 heteroatoms. The summed E-state index contributed by atoms with van der Waals surface area (Å²) in [5, 5.41) is 4.15. The fourth-order valence-corrected chi connectivity index (χ4v) is 2.39. The van der Waals surface area contributed by atoms with Gasteiger partial charge in [0.25, 0.3) is 0 Å². The number of carbonyl (C=O) groups excluding carboxylic acids is 1. The van der Waals surface area contributed by atoms with Crippen LogP contribution >= 0.6 is 15.9 Å². The zero-order valence-corrected chi connectivity index (χ0v) is 14.6. The average molecular weight is 364 g/mol.